The van der Waals surface area contributed by atoms with Gasteiger partial charge >= 0.3 is 0 Å². The number of rotatable bonds is 6. The van der Waals surface area contributed by atoms with E-state index in [0.29, 0.717) is 24.7 Å². The van der Waals surface area contributed by atoms with Gasteiger partial charge in [0.2, 0.25) is 11.7 Å². The molecule has 1 fully saturated rings. The van der Waals surface area contributed by atoms with Gasteiger partial charge in [-0.25, -0.2) is 0 Å². The molecule has 0 bridgehead atoms. The van der Waals surface area contributed by atoms with Crippen molar-refractivity contribution in [2.24, 2.45) is 0 Å². The Morgan fingerprint density at radius 3 is 3.16 bits per heavy atom. The lowest BCUT2D eigenvalue weighted by Crippen LogP contribution is -2.38. The number of ether oxygens (including phenoxy) is 2. The molecule has 0 aromatic carbocycles. The van der Waals surface area contributed by atoms with Gasteiger partial charge in [0, 0.05) is 20.2 Å². The summed E-state index contributed by atoms with van der Waals surface area (Å²) in [6, 6.07) is 0. The van der Waals surface area contributed by atoms with Crippen LogP contribution >= 0.6 is 0 Å². The Kier molecular flexibility index (Phi) is 5.26. The van der Waals surface area contributed by atoms with Crippen LogP contribution in [0.4, 0.5) is 0 Å². The van der Waals surface area contributed by atoms with E-state index in [1.54, 1.807) is 0 Å². The van der Waals surface area contributed by atoms with Crippen molar-refractivity contribution in [3.63, 3.8) is 0 Å². The first-order chi connectivity index (χ1) is 9.22. The summed E-state index contributed by atoms with van der Waals surface area (Å²) in [4.78, 5) is 6.56. The van der Waals surface area contributed by atoms with Gasteiger partial charge in [0.25, 0.3) is 0 Å². The van der Waals surface area contributed by atoms with Crippen molar-refractivity contribution in [2.75, 3.05) is 40.0 Å². The number of likely N-dealkylation sites (N-methyl/N-ethyl adjacent to an activating group) is 1. The molecular formula is C12H21N3O4. The normalized spacial score (nSPS) is 22.6. The number of aliphatic hydroxyl groups is 1. The lowest BCUT2D eigenvalue weighted by molar-refractivity contribution is -0.0334. The maximum atomic E-state index is 9.61. The van der Waals surface area contributed by atoms with Gasteiger partial charge in [-0.2, -0.15) is 4.98 Å². The summed E-state index contributed by atoms with van der Waals surface area (Å²) in [5.41, 5.74) is 0. The summed E-state index contributed by atoms with van der Waals surface area (Å²) in [5, 5.41) is 13.5. The van der Waals surface area contributed by atoms with Crippen molar-refractivity contribution in [3.8, 4) is 0 Å². The van der Waals surface area contributed by atoms with Crippen molar-refractivity contribution in [2.45, 2.75) is 25.6 Å². The standard InChI is InChI=1S/C12H21N3O4/c1-3-15-4-5-18-10(7-15)12-13-11(19-14-12)6-9(16)8-17-2/h9-10,16H,3-8H2,1-2H3. The van der Waals surface area contributed by atoms with Crippen LogP contribution in [-0.2, 0) is 15.9 Å². The molecule has 0 saturated carbocycles. The summed E-state index contributed by atoms with van der Waals surface area (Å²) in [5.74, 6) is 0.967. The Morgan fingerprint density at radius 2 is 2.42 bits per heavy atom. The van der Waals surface area contributed by atoms with Crippen LogP contribution in [0.5, 0.6) is 0 Å². The Morgan fingerprint density at radius 1 is 1.58 bits per heavy atom. The average Bonchev–Trinajstić information content (AvgIpc) is 2.87. The quantitative estimate of drug-likeness (QED) is 0.780. The maximum Gasteiger partial charge on any atom is 0.229 e. The fourth-order valence-electron chi connectivity index (χ4n) is 2.08. The minimum absolute atomic E-state index is 0.147. The molecule has 7 nitrogen and oxygen atoms in total. The molecule has 2 atom stereocenters. The van der Waals surface area contributed by atoms with Gasteiger partial charge < -0.3 is 19.1 Å². The van der Waals surface area contributed by atoms with Gasteiger partial charge in [-0.1, -0.05) is 12.1 Å². The molecule has 1 aromatic heterocycles. The van der Waals surface area contributed by atoms with Crippen molar-refractivity contribution in [1.82, 2.24) is 15.0 Å². The smallest absolute Gasteiger partial charge is 0.229 e. The number of aromatic nitrogens is 2. The van der Waals surface area contributed by atoms with Crippen molar-refractivity contribution in [3.05, 3.63) is 11.7 Å². The molecule has 7 heteroatoms. The van der Waals surface area contributed by atoms with E-state index >= 15 is 0 Å². The minimum Gasteiger partial charge on any atom is -0.390 e. The Labute approximate surface area is 112 Å². The first-order valence-electron chi connectivity index (χ1n) is 6.56. The molecule has 0 amide bonds. The number of nitrogens with zero attached hydrogens (tertiary/aromatic N) is 3. The molecule has 1 N–H and O–H groups in total. The van der Waals surface area contributed by atoms with Gasteiger partial charge in [0.05, 0.1) is 25.7 Å². The third kappa shape index (κ3) is 3.97. The van der Waals surface area contributed by atoms with Crippen LogP contribution in [0.3, 0.4) is 0 Å². The Hall–Kier alpha value is -1.02. The van der Waals surface area contributed by atoms with Crippen molar-refractivity contribution in [1.29, 1.82) is 0 Å². The van der Waals surface area contributed by atoms with Crippen LogP contribution < -0.4 is 0 Å². The number of morpholine rings is 1. The van der Waals surface area contributed by atoms with Crippen LogP contribution in [0.25, 0.3) is 0 Å². The fourth-order valence-corrected chi connectivity index (χ4v) is 2.08. The summed E-state index contributed by atoms with van der Waals surface area (Å²) < 4.78 is 15.6. The third-order valence-electron chi connectivity index (χ3n) is 3.14. The fraction of sp³-hybridized carbons (Fsp3) is 0.833. The molecule has 1 aliphatic heterocycles. The number of hydrogen-bond acceptors (Lipinski definition) is 7. The second-order valence-corrected chi connectivity index (χ2v) is 4.61. The van der Waals surface area contributed by atoms with Gasteiger partial charge in [-0.15, -0.1) is 0 Å². The predicted octanol–water partition coefficient (Wildman–Crippen LogP) is 0.0126. The highest BCUT2D eigenvalue weighted by molar-refractivity contribution is 4.95. The predicted molar refractivity (Wildman–Crippen MR) is 66.7 cm³/mol. The lowest BCUT2D eigenvalue weighted by atomic mass is 10.2. The number of aliphatic hydroxyl groups excluding tert-OH is 1. The molecule has 1 aromatic rings. The van der Waals surface area contributed by atoms with Crippen LogP contribution in [-0.4, -0.2) is 66.2 Å². The van der Waals surface area contributed by atoms with Gasteiger partial charge in [-0.05, 0) is 6.54 Å². The third-order valence-corrected chi connectivity index (χ3v) is 3.14. The Balaban J connectivity index is 1.92. The topological polar surface area (TPSA) is 80.9 Å². The van der Waals surface area contributed by atoms with Crippen molar-refractivity contribution < 1.29 is 19.1 Å². The molecule has 2 unspecified atom stereocenters. The molecule has 0 aliphatic carbocycles. The summed E-state index contributed by atoms with van der Waals surface area (Å²) >= 11 is 0. The highest BCUT2D eigenvalue weighted by Gasteiger charge is 2.25. The second-order valence-electron chi connectivity index (χ2n) is 4.61. The van der Waals surface area contributed by atoms with E-state index in [1.165, 1.54) is 7.11 Å². The largest absolute Gasteiger partial charge is 0.390 e. The van der Waals surface area contributed by atoms with Gasteiger partial charge in [0.1, 0.15) is 6.10 Å². The Bertz CT molecular complexity index is 385. The summed E-state index contributed by atoms with van der Waals surface area (Å²) in [6.07, 6.45) is -0.478. The second kappa shape index (κ2) is 6.95. The van der Waals surface area contributed by atoms with Crippen LogP contribution in [0, 0.1) is 0 Å². The summed E-state index contributed by atoms with van der Waals surface area (Å²) in [6.45, 7) is 5.73. The molecule has 2 rings (SSSR count). The van der Waals surface area contributed by atoms with E-state index in [9.17, 15) is 5.11 Å². The zero-order valence-electron chi connectivity index (χ0n) is 11.4. The molecule has 1 saturated heterocycles. The summed E-state index contributed by atoms with van der Waals surface area (Å²) in [7, 11) is 1.54. The van der Waals surface area contributed by atoms with E-state index in [-0.39, 0.29) is 12.7 Å². The van der Waals surface area contributed by atoms with Crippen LogP contribution in [0.2, 0.25) is 0 Å². The molecule has 0 radical (unpaired) electrons. The van der Waals surface area contributed by atoms with Gasteiger partial charge in [-0.3, -0.25) is 4.90 Å². The van der Waals surface area contributed by atoms with Crippen LogP contribution in [0.15, 0.2) is 4.52 Å². The molecule has 0 spiro atoms. The number of methoxy groups -OCH3 is 1. The zero-order chi connectivity index (χ0) is 13.7. The van der Waals surface area contributed by atoms with E-state index in [4.69, 9.17) is 14.0 Å². The number of hydrogen-bond donors (Lipinski definition) is 1. The zero-order valence-corrected chi connectivity index (χ0v) is 11.4. The minimum atomic E-state index is -0.627. The van der Waals surface area contributed by atoms with Crippen LogP contribution in [0.1, 0.15) is 24.7 Å². The van der Waals surface area contributed by atoms with E-state index < -0.39 is 6.10 Å². The highest BCUT2D eigenvalue weighted by Crippen LogP contribution is 2.19. The molecule has 2 heterocycles. The van der Waals surface area contributed by atoms with Gasteiger partial charge in [0.15, 0.2) is 0 Å². The first-order valence-corrected chi connectivity index (χ1v) is 6.56. The van der Waals surface area contributed by atoms with Crippen molar-refractivity contribution >= 4 is 0 Å². The molecular weight excluding hydrogens is 250 g/mol. The molecule has 1 aliphatic rings. The average molecular weight is 271 g/mol. The SMILES string of the molecule is CCN1CCOC(c2noc(CC(O)COC)n2)C1. The maximum absolute atomic E-state index is 9.61. The lowest BCUT2D eigenvalue weighted by Gasteiger charge is -2.30. The molecule has 19 heavy (non-hydrogen) atoms. The first kappa shape index (κ1) is 14.4. The van der Waals surface area contributed by atoms with E-state index in [1.807, 2.05) is 0 Å². The molecule has 108 valence electrons. The monoisotopic (exact) mass is 271 g/mol. The van der Waals surface area contributed by atoms with E-state index in [2.05, 4.69) is 22.0 Å². The highest BCUT2D eigenvalue weighted by atomic mass is 16.5. The van der Waals surface area contributed by atoms with E-state index in [0.717, 1.165) is 19.6 Å².